The fourth-order valence-corrected chi connectivity index (χ4v) is 3.13. The first-order valence-corrected chi connectivity index (χ1v) is 10.5. The molecule has 0 aromatic carbocycles. The van der Waals surface area contributed by atoms with Gasteiger partial charge in [-0.2, -0.15) is 0 Å². The van der Waals surface area contributed by atoms with E-state index in [-0.39, 0.29) is 0 Å². The number of aliphatic imine (C=N–C) groups is 1. The molecule has 28 heavy (non-hydrogen) atoms. The zero-order chi connectivity index (χ0) is 20.0. The maximum Gasteiger partial charge on any atom is 0.213 e. The van der Waals surface area contributed by atoms with Crippen LogP contribution in [0.25, 0.3) is 0 Å². The molecular weight excluding hydrogens is 354 g/mol. The summed E-state index contributed by atoms with van der Waals surface area (Å²) in [5, 5.41) is 6.75. The minimum atomic E-state index is 0.506. The molecule has 0 aliphatic carbocycles. The fraction of sp³-hybridized carbons (Fsp3) is 0.714. The third-order valence-corrected chi connectivity index (χ3v) is 4.92. The van der Waals surface area contributed by atoms with Gasteiger partial charge in [0.05, 0.1) is 13.2 Å². The molecule has 2 rings (SSSR count). The average Bonchev–Trinajstić information content (AvgIpc) is 2.72. The van der Waals surface area contributed by atoms with E-state index in [1.54, 1.807) is 7.11 Å². The highest BCUT2D eigenvalue weighted by Gasteiger charge is 2.14. The van der Waals surface area contributed by atoms with Crippen LogP contribution in [0.4, 0.5) is 0 Å². The second-order valence-electron chi connectivity index (χ2n) is 7.35. The third kappa shape index (κ3) is 8.89. The highest BCUT2D eigenvalue weighted by molar-refractivity contribution is 5.79. The van der Waals surface area contributed by atoms with Gasteiger partial charge in [-0.1, -0.05) is 13.0 Å². The van der Waals surface area contributed by atoms with Crippen LogP contribution < -0.4 is 15.4 Å². The molecule has 2 heterocycles. The second-order valence-corrected chi connectivity index (χ2v) is 7.35. The van der Waals surface area contributed by atoms with Gasteiger partial charge in [-0.3, -0.25) is 0 Å². The Hall–Kier alpha value is -1.86. The van der Waals surface area contributed by atoms with Crippen molar-refractivity contribution in [1.82, 2.24) is 20.5 Å². The number of rotatable bonds is 11. The number of likely N-dealkylation sites (tertiary alicyclic amines) is 1. The number of nitrogens with zero attached hydrogens (tertiary/aromatic N) is 3. The van der Waals surface area contributed by atoms with Gasteiger partial charge in [0.15, 0.2) is 5.96 Å². The Bertz CT molecular complexity index is 556. The van der Waals surface area contributed by atoms with Crippen molar-refractivity contribution in [3.63, 3.8) is 0 Å². The minimum absolute atomic E-state index is 0.506. The summed E-state index contributed by atoms with van der Waals surface area (Å²) in [6, 6.07) is 3.87. The fourth-order valence-electron chi connectivity index (χ4n) is 3.13. The molecular formula is C21H37N5O2. The average molecular weight is 392 g/mol. The topological polar surface area (TPSA) is 71.0 Å². The zero-order valence-electron chi connectivity index (χ0n) is 17.7. The van der Waals surface area contributed by atoms with E-state index >= 15 is 0 Å². The van der Waals surface area contributed by atoms with E-state index in [0.717, 1.165) is 43.5 Å². The van der Waals surface area contributed by atoms with Gasteiger partial charge in [0, 0.05) is 32.5 Å². The molecule has 7 nitrogen and oxygen atoms in total. The number of piperidine rings is 1. The van der Waals surface area contributed by atoms with Gasteiger partial charge in [0.25, 0.3) is 0 Å². The largest absolute Gasteiger partial charge is 0.475 e. The van der Waals surface area contributed by atoms with Crippen LogP contribution in [0, 0.1) is 5.92 Å². The summed E-state index contributed by atoms with van der Waals surface area (Å²) in [6.45, 7) is 11.5. The van der Waals surface area contributed by atoms with Gasteiger partial charge >= 0.3 is 0 Å². The molecule has 1 aromatic heterocycles. The van der Waals surface area contributed by atoms with Crippen molar-refractivity contribution in [1.29, 1.82) is 0 Å². The van der Waals surface area contributed by atoms with Gasteiger partial charge in [-0.25, -0.2) is 9.98 Å². The van der Waals surface area contributed by atoms with E-state index in [0.29, 0.717) is 25.6 Å². The zero-order valence-corrected chi connectivity index (χ0v) is 17.7. The molecule has 2 N–H and O–H groups in total. The Morgan fingerprint density at radius 1 is 1.25 bits per heavy atom. The Morgan fingerprint density at radius 3 is 2.75 bits per heavy atom. The molecule has 0 unspecified atom stereocenters. The SMILES string of the molecule is CCNC(=NCc1ccc(OCCOC)nc1)NCCCN1CCC(C)CC1. The monoisotopic (exact) mass is 391 g/mol. The Labute approximate surface area is 169 Å². The van der Waals surface area contributed by atoms with Crippen molar-refractivity contribution < 1.29 is 9.47 Å². The van der Waals surface area contributed by atoms with Crippen LogP contribution in [0.15, 0.2) is 23.3 Å². The normalized spacial score (nSPS) is 16.2. The molecule has 1 aromatic rings. The maximum absolute atomic E-state index is 5.49. The van der Waals surface area contributed by atoms with Crippen LogP contribution in [-0.4, -0.2) is 68.9 Å². The van der Waals surface area contributed by atoms with Gasteiger partial charge in [-0.05, 0) is 57.3 Å². The van der Waals surface area contributed by atoms with Crippen molar-refractivity contribution in [2.75, 3.05) is 53.0 Å². The summed E-state index contributed by atoms with van der Waals surface area (Å²) in [5.41, 5.74) is 1.05. The summed E-state index contributed by atoms with van der Waals surface area (Å²) < 4.78 is 10.5. The molecule has 0 amide bonds. The molecule has 1 aliphatic heterocycles. The lowest BCUT2D eigenvalue weighted by atomic mass is 9.99. The van der Waals surface area contributed by atoms with Crippen LogP contribution >= 0.6 is 0 Å². The molecule has 1 aliphatic rings. The highest BCUT2D eigenvalue weighted by atomic mass is 16.5. The van der Waals surface area contributed by atoms with E-state index in [4.69, 9.17) is 9.47 Å². The molecule has 0 bridgehead atoms. The van der Waals surface area contributed by atoms with Crippen LogP contribution in [0.2, 0.25) is 0 Å². The molecule has 0 atom stereocenters. The van der Waals surface area contributed by atoms with Crippen LogP contribution in [0.3, 0.4) is 0 Å². The number of aromatic nitrogens is 1. The van der Waals surface area contributed by atoms with Crippen molar-refractivity contribution >= 4 is 5.96 Å². The van der Waals surface area contributed by atoms with Crippen molar-refractivity contribution in [3.8, 4) is 5.88 Å². The van der Waals surface area contributed by atoms with Gasteiger partial charge in [0.1, 0.15) is 6.61 Å². The van der Waals surface area contributed by atoms with Gasteiger partial charge < -0.3 is 25.0 Å². The summed E-state index contributed by atoms with van der Waals surface area (Å²) in [5.74, 6) is 2.36. The van der Waals surface area contributed by atoms with E-state index in [2.05, 4.69) is 39.4 Å². The first-order valence-electron chi connectivity index (χ1n) is 10.5. The van der Waals surface area contributed by atoms with Crippen LogP contribution in [0.1, 0.15) is 38.7 Å². The molecule has 0 radical (unpaired) electrons. The van der Waals surface area contributed by atoms with Crippen LogP contribution in [-0.2, 0) is 11.3 Å². The molecule has 158 valence electrons. The molecule has 7 heteroatoms. The quantitative estimate of drug-likeness (QED) is 0.343. The summed E-state index contributed by atoms with van der Waals surface area (Å²) >= 11 is 0. The number of methoxy groups -OCH3 is 1. The van der Waals surface area contributed by atoms with E-state index in [1.165, 1.54) is 25.9 Å². The first kappa shape index (κ1) is 22.4. The number of ether oxygens (including phenoxy) is 2. The lowest BCUT2D eigenvalue weighted by molar-refractivity contribution is 0.143. The van der Waals surface area contributed by atoms with Crippen molar-refractivity contribution in [2.24, 2.45) is 10.9 Å². The molecule has 0 spiro atoms. The Balaban J connectivity index is 1.70. The van der Waals surface area contributed by atoms with Gasteiger partial charge in [-0.15, -0.1) is 0 Å². The number of pyridine rings is 1. The number of hydrogen-bond acceptors (Lipinski definition) is 5. The van der Waals surface area contributed by atoms with E-state index in [9.17, 15) is 0 Å². The minimum Gasteiger partial charge on any atom is -0.475 e. The predicted molar refractivity (Wildman–Crippen MR) is 114 cm³/mol. The standard InChI is InChI=1S/C21H37N5O2/c1-4-22-21(23-10-5-11-26-12-8-18(2)9-13-26)25-17-19-6-7-20(24-16-19)28-15-14-27-3/h6-7,16,18H,4-5,8-15,17H2,1-3H3,(H2,22,23,25). The summed E-state index contributed by atoms with van der Waals surface area (Å²) in [6.07, 6.45) is 5.62. The molecule has 1 fully saturated rings. The molecule has 0 saturated carbocycles. The van der Waals surface area contributed by atoms with E-state index in [1.807, 2.05) is 18.3 Å². The lowest BCUT2D eigenvalue weighted by Gasteiger charge is -2.30. The van der Waals surface area contributed by atoms with Crippen molar-refractivity contribution in [3.05, 3.63) is 23.9 Å². The number of hydrogen-bond donors (Lipinski definition) is 2. The maximum atomic E-state index is 5.49. The second kappa shape index (κ2) is 13.3. The number of guanidine groups is 1. The lowest BCUT2D eigenvalue weighted by Crippen LogP contribution is -2.39. The van der Waals surface area contributed by atoms with Crippen molar-refractivity contribution in [2.45, 2.75) is 39.7 Å². The summed E-state index contributed by atoms with van der Waals surface area (Å²) in [7, 11) is 1.65. The smallest absolute Gasteiger partial charge is 0.213 e. The van der Waals surface area contributed by atoms with E-state index < -0.39 is 0 Å². The first-order chi connectivity index (χ1) is 13.7. The van der Waals surface area contributed by atoms with Gasteiger partial charge in [0.2, 0.25) is 5.88 Å². The number of nitrogens with one attached hydrogen (secondary N) is 2. The third-order valence-electron chi connectivity index (χ3n) is 4.92. The highest BCUT2D eigenvalue weighted by Crippen LogP contribution is 2.15. The molecule has 1 saturated heterocycles. The predicted octanol–water partition coefficient (Wildman–Crippen LogP) is 2.28. The summed E-state index contributed by atoms with van der Waals surface area (Å²) in [4.78, 5) is 11.6. The Morgan fingerprint density at radius 2 is 2.07 bits per heavy atom. The van der Waals surface area contributed by atoms with Crippen LogP contribution in [0.5, 0.6) is 5.88 Å². The Kier molecular flexibility index (Phi) is 10.7.